The standard InChI is InChI=1S/C26H23BrCl2N2O4/c1-26(14-17-7-9-20(27)10-8-17)24(32)31(23-12-21(28)11-22(29)13-23)25(33)30(26)15-18-5-3-4-6-19(18)16-35-34-2/h3-13H,14-16H2,1-2H3. The van der Waals surface area contributed by atoms with Gasteiger partial charge in [0.05, 0.1) is 12.8 Å². The largest absolute Gasteiger partial charge is 0.332 e. The van der Waals surface area contributed by atoms with Crippen molar-refractivity contribution in [3.8, 4) is 0 Å². The van der Waals surface area contributed by atoms with Crippen LogP contribution in [0.5, 0.6) is 0 Å². The Hall–Kier alpha value is -2.42. The molecule has 6 nitrogen and oxygen atoms in total. The second-order valence-electron chi connectivity index (χ2n) is 8.41. The quantitative estimate of drug-likeness (QED) is 0.168. The van der Waals surface area contributed by atoms with Gasteiger partial charge >= 0.3 is 6.03 Å². The molecule has 1 heterocycles. The number of hydrogen-bond donors (Lipinski definition) is 0. The van der Waals surface area contributed by atoms with E-state index in [1.54, 1.807) is 30.0 Å². The van der Waals surface area contributed by atoms with E-state index in [1.165, 1.54) is 7.11 Å². The van der Waals surface area contributed by atoms with Gasteiger partial charge in [-0.05, 0) is 53.9 Å². The Balaban J connectivity index is 1.77. The molecule has 3 amide bonds. The first-order valence-corrected chi connectivity index (χ1v) is 12.4. The van der Waals surface area contributed by atoms with Gasteiger partial charge in [-0.25, -0.2) is 19.5 Å². The number of hydrogen-bond acceptors (Lipinski definition) is 4. The summed E-state index contributed by atoms with van der Waals surface area (Å²) in [6, 6.07) is 19.5. The first kappa shape index (κ1) is 25.7. The van der Waals surface area contributed by atoms with Gasteiger partial charge in [0.25, 0.3) is 5.91 Å². The summed E-state index contributed by atoms with van der Waals surface area (Å²) >= 11 is 15.8. The van der Waals surface area contributed by atoms with E-state index in [0.717, 1.165) is 26.1 Å². The molecule has 0 radical (unpaired) electrons. The van der Waals surface area contributed by atoms with Crippen LogP contribution in [0.15, 0.2) is 71.2 Å². The van der Waals surface area contributed by atoms with Crippen LogP contribution in [0, 0.1) is 0 Å². The average Bonchev–Trinajstić information content (AvgIpc) is 2.99. The Morgan fingerprint density at radius 2 is 1.57 bits per heavy atom. The molecule has 4 rings (SSSR count). The molecule has 9 heteroatoms. The Kier molecular flexibility index (Phi) is 7.83. The number of anilines is 1. The van der Waals surface area contributed by atoms with Gasteiger partial charge in [-0.1, -0.05) is 75.5 Å². The van der Waals surface area contributed by atoms with E-state index in [4.69, 9.17) is 33.0 Å². The number of halogens is 3. The maximum Gasteiger partial charge on any atom is 0.332 e. The first-order valence-electron chi connectivity index (χ1n) is 10.8. The number of benzene rings is 3. The van der Waals surface area contributed by atoms with Crippen LogP contribution in [0.25, 0.3) is 0 Å². The maximum absolute atomic E-state index is 13.9. The van der Waals surface area contributed by atoms with Crippen LogP contribution in [-0.2, 0) is 34.1 Å². The van der Waals surface area contributed by atoms with Gasteiger partial charge in [0.15, 0.2) is 0 Å². The number of carbonyl (C=O) groups excluding carboxylic acids is 2. The highest BCUT2D eigenvalue weighted by atomic mass is 79.9. The van der Waals surface area contributed by atoms with E-state index < -0.39 is 11.6 Å². The van der Waals surface area contributed by atoms with Crippen LogP contribution < -0.4 is 4.90 Å². The molecule has 0 spiro atoms. The van der Waals surface area contributed by atoms with E-state index in [9.17, 15) is 9.59 Å². The van der Waals surface area contributed by atoms with Gasteiger partial charge in [0.1, 0.15) is 12.1 Å². The fraction of sp³-hybridized carbons (Fsp3) is 0.231. The zero-order valence-electron chi connectivity index (χ0n) is 19.1. The summed E-state index contributed by atoms with van der Waals surface area (Å²) in [6.45, 7) is 2.20. The molecule has 1 saturated heterocycles. The minimum absolute atomic E-state index is 0.200. The molecule has 1 atom stereocenters. The molecular weight excluding hydrogens is 555 g/mol. The van der Waals surface area contributed by atoms with Crippen molar-refractivity contribution in [2.24, 2.45) is 0 Å². The lowest BCUT2D eigenvalue weighted by Crippen LogP contribution is -2.48. The van der Waals surface area contributed by atoms with Gasteiger partial charge in [-0.3, -0.25) is 4.79 Å². The van der Waals surface area contributed by atoms with Gasteiger partial charge in [0.2, 0.25) is 0 Å². The molecule has 1 fully saturated rings. The van der Waals surface area contributed by atoms with Crippen LogP contribution in [0.4, 0.5) is 10.5 Å². The summed E-state index contributed by atoms with van der Waals surface area (Å²) in [5.41, 5.74) is 1.79. The smallest absolute Gasteiger partial charge is 0.305 e. The Morgan fingerprint density at radius 3 is 2.20 bits per heavy atom. The molecule has 0 aliphatic carbocycles. The number of carbonyl (C=O) groups is 2. The first-order chi connectivity index (χ1) is 16.7. The van der Waals surface area contributed by atoms with E-state index >= 15 is 0 Å². The predicted molar refractivity (Wildman–Crippen MR) is 139 cm³/mol. The highest BCUT2D eigenvalue weighted by Crippen LogP contribution is 2.38. The zero-order chi connectivity index (χ0) is 25.2. The summed E-state index contributed by atoms with van der Waals surface area (Å²) in [6.07, 6.45) is 0.326. The molecule has 0 saturated carbocycles. The lowest BCUT2D eigenvalue weighted by molar-refractivity contribution is -0.282. The molecule has 1 aliphatic heterocycles. The molecule has 182 valence electrons. The van der Waals surface area contributed by atoms with Crippen LogP contribution in [-0.4, -0.2) is 29.5 Å². The molecule has 1 aliphatic rings. The van der Waals surface area contributed by atoms with Crippen LogP contribution in [0.1, 0.15) is 23.6 Å². The fourth-order valence-corrected chi connectivity index (χ4v) is 5.01. The molecular formula is C26H23BrCl2N2O4. The molecule has 35 heavy (non-hydrogen) atoms. The summed E-state index contributed by atoms with van der Waals surface area (Å²) in [5, 5.41) is 0.673. The average molecular weight is 578 g/mol. The van der Waals surface area contributed by atoms with Gasteiger partial charge < -0.3 is 4.90 Å². The number of amides is 3. The molecule has 3 aromatic carbocycles. The lowest BCUT2D eigenvalue weighted by Gasteiger charge is -2.32. The lowest BCUT2D eigenvalue weighted by atomic mass is 9.90. The minimum Gasteiger partial charge on any atom is -0.305 e. The summed E-state index contributed by atoms with van der Waals surface area (Å²) < 4.78 is 0.930. The van der Waals surface area contributed by atoms with Crippen molar-refractivity contribution in [1.82, 2.24) is 4.90 Å². The summed E-state index contributed by atoms with van der Waals surface area (Å²) in [7, 11) is 1.44. The molecule has 1 unspecified atom stereocenters. The number of nitrogens with zero attached hydrogens (tertiary/aromatic N) is 2. The van der Waals surface area contributed by atoms with Gasteiger partial charge in [-0.15, -0.1) is 0 Å². The third kappa shape index (κ3) is 5.39. The van der Waals surface area contributed by atoms with Crippen molar-refractivity contribution in [1.29, 1.82) is 0 Å². The third-order valence-corrected chi connectivity index (χ3v) is 6.99. The van der Waals surface area contributed by atoms with E-state index in [-0.39, 0.29) is 19.1 Å². The zero-order valence-corrected chi connectivity index (χ0v) is 22.2. The van der Waals surface area contributed by atoms with Crippen molar-refractivity contribution >= 4 is 56.8 Å². The highest BCUT2D eigenvalue weighted by Gasteiger charge is 2.54. The number of imide groups is 1. The van der Waals surface area contributed by atoms with E-state index in [0.29, 0.717) is 22.2 Å². The normalized spacial score (nSPS) is 18.0. The van der Waals surface area contributed by atoms with Gasteiger partial charge in [-0.2, -0.15) is 0 Å². The molecule has 0 N–H and O–H groups in total. The van der Waals surface area contributed by atoms with Crippen molar-refractivity contribution < 1.29 is 19.4 Å². The van der Waals surface area contributed by atoms with Crippen molar-refractivity contribution in [3.63, 3.8) is 0 Å². The third-order valence-electron chi connectivity index (χ3n) is 6.03. The second-order valence-corrected chi connectivity index (χ2v) is 10.2. The van der Waals surface area contributed by atoms with Crippen LogP contribution >= 0.6 is 39.1 Å². The summed E-state index contributed by atoms with van der Waals surface area (Å²) in [4.78, 5) is 40.4. The SMILES string of the molecule is COOCc1ccccc1CN1C(=O)N(c2cc(Cl)cc(Cl)c2)C(=O)C1(C)Cc1ccc(Br)cc1. The second kappa shape index (κ2) is 10.7. The number of urea groups is 1. The summed E-state index contributed by atoms with van der Waals surface area (Å²) in [5.74, 6) is -0.352. The van der Waals surface area contributed by atoms with Crippen molar-refractivity contribution in [2.45, 2.75) is 32.0 Å². The molecule has 0 bridgehead atoms. The topological polar surface area (TPSA) is 59.1 Å². The Labute approximate surface area is 222 Å². The Morgan fingerprint density at radius 1 is 0.943 bits per heavy atom. The Bertz CT molecular complexity index is 1230. The van der Waals surface area contributed by atoms with E-state index in [2.05, 4.69) is 15.9 Å². The van der Waals surface area contributed by atoms with Crippen molar-refractivity contribution in [2.75, 3.05) is 12.0 Å². The number of rotatable bonds is 8. The van der Waals surface area contributed by atoms with Crippen LogP contribution in [0.2, 0.25) is 10.0 Å². The molecule has 3 aromatic rings. The maximum atomic E-state index is 13.9. The molecule has 0 aromatic heterocycles. The fourth-order valence-electron chi connectivity index (χ4n) is 4.23. The van der Waals surface area contributed by atoms with Crippen molar-refractivity contribution in [3.05, 3.63) is 97.9 Å². The van der Waals surface area contributed by atoms with Crippen LogP contribution in [0.3, 0.4) is 0 Å². The van der Waals surface area contributed by atoms with E-state index in [1.807, 2.05) is 48.5 Å². The monoisotopic (exact) mass is 576 g/mol. The highest BCUT2D eigenvalue weighted by molar-refractivity contribution is 9.10. The predicted octanol–water partition coefficient (Wildman–Crippen LogP) is 6.80. The van der Waals surface area contributed by atoms with Gasteiger partial charge in [0, 0.05) is 27.5 Å². The minimum atomic E-state index is -1.16.